The molecule has 4 nitrogen and oxygen atoms in total. The van der Waals surface area contributed by atoms with Gasteiger partial charge in [0.2, 0.25) is 0 Å². The first kappa shape index (κ1) is 20.4. The van der Waals surface area contributed by atoms with E-state index in [1.54, 1.807) is 0 Å². The summed E-state index contributed by atoms with van der Waals surface area (Å²) in [6.07, 6.45) is 0. The van der Waals surface area contributed by atoms with Gasteiger partial charge >= 0.3 is 21.7 Å². The predicted molar refractivity (Wildman–Crippen MR) is 105 cm³/mol. The number of benzene rings is 2. The van der Waals surface area contributed by atoms with Crippen LogP contribution in [0.15, 0.2) is 130 Å². The van der Waals surface area contributed by atoms with E-state index in [1.165, 1.54) is 0 Å². The molecule has 4 aromatic carbocycles. The van der Waals surface area contributed by atoms with Crippen molar-refractivity contribution in [3.05, 3.63) is 109 Å². The third-order valence-corrected chi connectivity index (χ3v) is 3.36. The van der Waals surface area contributed by atoms with Crippen molar-refractivity contribution < 1.29 is 21.7 Å². The van der Waals surface area contributed by atoms with Crippen molar-refractivity contribution in [3.63, 3.8) is 0 Å². The monoisotopic (exact) mass is 386 g/mol. The minimum absolute atomic E-state index is 0. The molecule has 0 saturated carbocycles. The van der Waals surface area contributed by atoms with E-state index in [0.29, 0.717) is 0 Å². The zero-order valence-corrected chi connectivity index (χ0v) is 16.2. The molecular weight excluding hydrogens is 368 g/mol. The fourth-order valence-electron chi connectivity index (χ4n) is 2.08. The maximum absolute atomic E-state index is 4.07. The van der Waals surface area contributed by atoms with Crippen LogP contribution in [0.3, 0.4) is 0 Å². The Balaban J connectivity index is 0.000000187. The Morgan fingerprint density at radius 3 is 1.11 bits per heavy atom. The number of hydrogen-bond acceptors (Lipinski definition) is 4. The Morgan fingerprint density at radius 1 is 0.444 bits per heavy atom. The third kappa shape index (κ3) is 7.44. The molecule has 4 aromatic rings. The van der Waals surface area contributed by atoms with E-state index in [0.717, 1.165) is 22.7 Å². The van der Waals surface area contributed by atoms with Crippen molar-refractivity contribution in [2.24, 2.45) is 20.5 Å². The number of nitrogens with zero attached hydrogens (tertiary/aromatic N) is 4. The summed E-state index contributed by atoms with van der Waals surface area (Å²) >= 11 is 0. The molecule has 0 heterocycles. The van der Waals surface area contributed by atoms with Crippen molar-refractivity contribution in [3.8, 4) is 0 Å². The van der Waals surface area contributed by atoms with Crippen molar-refractivity contribution in [2.75, 3.05) is 0 Å². The van der Waals surface area contributed by atoms with E-state index in [2.05, 4.69) is 20.5 Å². The molecule has 5 heteroatoms. The summed E-state index contributed by atoms with van der Waals surface area (Å²) in [4.78, 5) is 0. The molecule has 0 aromatic heterocycles. The molecule has 4 rings (SSSR count). The SMILES string of the molecule is [Ti+2].c1ccc(N=N[c-]2cccc2)cc1.c1ccc(N=N[c-]2cccc2)cc1. The summed E-state index contributed by atoms with van der Waals surface area (Å²) in [5.74, 6) is 0. The molecule has 0 atom stereocenters. The van der Waals surface area contributed by atoms with Crippen molar-refractivity contribution in [1.82, 2.24) is 0 Å². The normalized spacial score (nSPS) is 10.4. The first-order valence-corrected chi connectivity index (χ1v) is 8.27. The van der Waals surface area contributed by atoms with Gasteiger partial charge in [-0.25, -0.2) is 34.5 Å². The fraction of sp³-hybridized carbons (Fsp3) is 0. The van der Waals surface area contributed by atoms with Gasteiger partial charge in [0.25, 0.3) is 0 Å². The quantitative estimate of drug-likeness (QED) is 0.197. The molecule has 0 unspecified atom stereocenters. The molecule has 0 N–H and O–H groups in total. The van der Waals surface area contributed by atoms with Gasteiger partial charge in [0, 0.05) is 0 Å². The first-order chi connectivity index (χ1) is 12.9. The van der Waals surface area contributed by atoms with Gasteiger partial charge in [-0.3, -0.25) is 0 Å². The van der Waals surface area contributed by atoms with Gasteiger partial charge in [-0.1, -0.05) is 36.4 Å². The largest absolute Gasteiger partial charge is 2.00 e. The topological polar surface area (TPSA) is 49.4 Å². The Kier molecular flexibility index (Phi) is 8.77. The van der Waals surface area contributed by atoms with Crippen LogP contribution in [-0.4, -0.2) is 0 Å². The van der Waals surface area contributed by atoms with Crippen LogP contribution in [0, 0.1) is 0 Å². The average molecular weight is 386 g/mol. The number of rotatable bonds is 4. The fourth-order valence-corrected chi connectivity index (χ4v) is 2.08. The van der Waals surface area contributed by atoms with Crippen molar-refractivity contribution in [1.29, 1.82) is 0 Å². The summed E-state index contributed by atoms with van der Waals surface area (Å²) in [7, 11) is 0. The smallest absolute Gasteiger partial charge is 0.218 e. The van der Waals surface area contributed by atoms with Crippen LogP contribution in [0.5, 0.6) is 0 Å². The van der Waals surface area contributed by atoms with E-state index in [9.17, 15) is 0 Å². The summed E-state index contributed by atoms with van der Waals surface area (Å²) in [5.41, 5.74) is 3.54. The molecule has 0 bridgehead atoms. The van der Waals surface area contributed by atoms with Crippen molar-refractivity contribution >= 4 is 22.7 Å². The molecule has 0 radical (unpaired) electrons. The zero-order valence-electron chi connectivity index (χ0n) is 14.7. The zero-order chi connectivity index (χ0) is 17.9. The van der Waals surface area contributed by atoms with Crippen LogP contribution in [-0.2, 0) is 21.7 Å². The van der Waals surface area contributed by atoms with Crippen LogP contribution < -0.4 is 0 Å². The summed E-state index contributed by atoms with van der Waals surface area (Å²) in [5, 5.41) is 16.3. The van der Waals surface area contributed by atoms with Gasteiger partial charge in [-0.15, -0.1) is 0 Å². The van der Waals surface area contributed by atoms with E-state index >= 15 is 0 Å². The molecule has 0 saturated heterocycles. The first-order valence-electron chi connectivity index (χ1n) is 8.27. The van der Waals surface area contributed by atoms with Crippen LogP contribution >= 0.6 is 0 Å². The second-order valence-corrected chi connectivity index (χ2v) is 5.36. The Labute approximate surface area is 173 Å². The molecule has 0 fully saturated rings. The van der Waals surface area contributed by atoms with Crippen LogP contribution in [0.2, 0.25) is 0 Å². The number of azo groups is 2. The maximum atomic E-state index is 4.07. The van der Waals surface area contributed by atoms with E-state index in [-0.39, 0.29) is 21.7 Å². The average Bonchev–Trinajstić information content (AvgIpc) is 3.41. The van der Waals surface area contributed by atoms with E-state index < -0.39 is 0 Å². The standard InChI is InChI=1S/2C11H9N2.Ti/c2*1-2-6-10(7-3-1)12-13-11-8-4-5-9-11;/h2*1-9H;/q2*-1;+2. The predicted octanol–water partition coefficient (Wildman–Crippen LogP) is 7.64. The molecule has 130 valence electrons. The molecule has 0 aliphatic carbocycles. The summed E-state index contributed by atoms with van der Waals surface area (Å²) in [6, 6.07) is 34.9. The molecule has 0 aliphatic rings. The molecule has 0 spiro atoms. The second-order valence-electron chi connectivity index (χ2n) is 5.36. The summed E-state index contributed by atoms with van der Waals surface area (Å²) in [6.45, 7) is 0. The molecule has 27 heavy (non-hydrogen) atoms. The molecular formula is C22H18N4Ti. The van der Waals surface area contributed by atoms with E-state index in [1.807, 2.05) is 109 Å². The van der Waals surface area contributed by atoms with Crippen LogP contribution in [0.25, 0.3) is 0 Å². The minimum Gasteiger partial charge on any atom is -0.218 e. The van der Waals surface area contributed by atoms with Crippen LogP contribution in [0.1, 0.15) is 0 Å². The maximum Gasteiger partial charge on any atom is 2.00 e. The molecule has 0 amide bonds. The van der Waals surface area contributed by atoms with Gasteiger partial charge in [0.15, 0.2) is 0 Å². The molecule has 0 aliphatic heterocycles. The Hall–Kier alpha value is -2.95. The van der Waals surface area contributed by atoms with Gasteiger partial charge in [0.05, 0.1) is 11.4 Å². The second kappa shape index (κ2) is 11.6. The van der Waals surface area contributed by atoms with Gasteiger partial charge in [0.1, 0.15) is 0 Å². The van der Waals surface area contributed by atoms with Gasteiger partial charge < -0.3 is 0 Å². The third-order valence-electron chi connectivity index (χ3n) is 3.36. The van der Waals surface area contributed by atoms with Gasteiger partial charge in [-0.05, 0) is 35.6 Å². The summed E-state index contributed by atoms with van der Waals surface area (Å²) < 4.78 is 0. The van der Waals surface area contributed by atoms with E-state index in [4.69, 9.17) is 0 Å². The Bertz CT molecular complexity index is 833. The van der Waals surface area contributed by atoms with Crippen molar-refractivity contribution in [2.45, 2.75) is 0 Å². The van der Waals surface area contributed by atoms with Gasteiger partial charge in [-0.2, -0.15) is 34.5 Å². The van der Waals surface area contributed by atoms with Crippen LogP contribution in [0.4, 0.5) is 22.7 Å². The minimum atomic E-state index is 0. The number of hydrogen-bond donors (Lipinski definition) is 0. The Morgan fingerprint density at radius 2 is 0.778 bits per heavy atom.